The molecule has 0 aromatic carbocycles. The Morgan fingerprint density at radius 1 is 1.47 bits per heavy atom. The highest BCUT2D eigenvalue weighted by Crippen LogP contribution is 2.22. The second-order valence-electron chi connectivity index (χ2n) is 4.32. The molecule has 1 unspecified atom stereocenters. The molecular weight excluding hydrogens is 242 g/mol. The van der Waals surface area contributed by atoms with Crippen LogP contribution in [0.2, 0.25) is 0 Å². The van der Waals surface area contributed by atoms with Crippen molar-refractivity contribution in [1.29, 1.82) is 0 Å². The van der Waals surface area contributed by atoms with Crippen LogP contribution in [0.15, 0.2) is 24.4 Å². The van der Waals surface area contributed by atoms with Crippen LogP contribution in [0, 0.1) is 6.92 Å². The molecule has 0 aliphatic rings. The maximum atomic E-state index is 11.7. The van der Waals surface area contributed by atoms with E-state index in [0.29, 0.717) is 12.2 Å². The van der Waals surface area contributed by atoms with Crippen molar-refractivity contribution in [2.75, 3.05) is 7.11 Å². The fourth-order valence-corrected chi connectivity index (χ4v) is 1.97. The number of methoxy groups -OCH3 is 1. The third-order valence-corrected chi connectivity index (χ3v) is 2.95. The lowest BCUT2D eigenvalue weighted by molar-refractivity contribution is -0.142. The first kappa shape index (κ1) is 13.3. The lowest BCUT2D eigenvalue weighted by atomic mass is 10.1. The second kappa shape index (κ2) is 5.65. The summed E-state index contributed by atoms with van der Waals surface area (Å²) in [6.07, 6.45) is 2.45. The van der Waals surface area contributed by atoms with Crippen LogP contribution >= 0.6 is 0 Å². The Hall–Kier alpha value is -2.17. The minimum Gasteiger partial charge on any atom is -0.468 e. The van der Waals surface area contributed by atoms with Crippen molar-refractivity contribution in [3.63, 3.8) is 0 Å². The van der Waals surface area contributed by atoms with Crippen molar-refractivity contribution in [1.82, 2.24) is 15.0 Å². The van der Waals surface area contributed by atoms with Gasteiger partial charge in [0.2, 0.25) is 0 Å². The molecule has 2 aromatic heterocycles. The highest BCUT2D eigenvalue weighted by Gasteiger charge is 2.23. The number of aromatic amines is 1. The molecule has 100 valence electrons. The van der Waals surface area contributed by atoms with Crippen LogP contribution in [0.5, 0.6) is 0 Å². The monoisotopic (exact) mass is 259 g/mol. The number of H-pyrrole nitrogens is 1. The average Bonchev–Trinajstić information content (AvgIpc) is 2.92. The first-order valence-electron chi connectivity index (χ1n) is 6.22. The number of carbonyl (C=O) groups excluding carboxylic acids is 1. The van der Waals surface area contributed by atoms with Gasteiger partial charge in [0, 0.05) is 11.9 Å². The molecule has 0 spiro atoms. The summed E-state index contributed by atoms with van der Waals surface area (Å²) >= 11 is 0. The summed E-state index contributed by atoms with van der Waals surface area (Å²) in [6, 6.07) is 5.73. The number of esters is 1. The van der Waals surface area contributed by atoms with E-state index < -0.39 is 5.92 Å². The van der Waals surface area contributed by atoms with E-state index in [1.54, 1.807) is 0 Å². The number of nitrogens with one attached hydrogen (secondary N) is 1. The van der Waals surface area contributed by atoms with Crippen molar-refractivity contribution in [2.45, 2.75) is 26.2 Å². The first-order valence-corrected chi connectivity index (χ1v) is 6.22. The fourth-order valence-electron chi connectivity index (χ4n) is 1.97. The van der Waals surface area contributed by atoms with E-state index in [2.05, 4.69) is 15.0 Å². The van der Waals surface area contributed by atoms with Gasteiger partial charge in [0.1, 0.15) is 11.7 Å². The van der Waals surface area contributed by atoms with Crippen molar-refractivity contribution < 1.29 is 9.53 Å². The molecule has 19 heavy (non-hydrogen) atoms. The van der Waals surface area contributed by atoms with Gasteiger partial charge in [0.05, 0.1) is 18.5 Å². The molecule has 0 saturated heterocycles. The van der Waals surface area contributed by atoms with Crippen LogP contribution in [0.1, 0.15) is 30.8 Å². The third-order valence-electron chi connectivity index (χ3n) is 2.95. The number of nitrogens with zero attached hydrogens (tertiary/aromatic N) is 2. The van der Waals surface area contributed by atoms with E-state index in [9.17, 15) is 4.79 Å². The fraction of sp³-hybridized carbons (Fsp3) is 0.357. The lowest BCUT2D eigenvalue weighted by Crippen LogP contribution is -2.17. The smallest absolute Gasteiger partial charge is 0.316 e. The zero-order chi connectivity index (χ0) is 13.8. The predicted octanol–water partition coefficient (Wildman–Crippen LogP) is 2.45. The van der Waals surface area contributed by atoms with E-state index in [0.717, 1.165) is 17.1 Å². The molecule has 5 nitrogen and oxygen atoms in total. The molecular formula is C14H17N3O2. The summed E-state index contributed by atoms with van der Waals surface area (Å²) in [7, 11) is 1.38. The molecule has 0 aliphatic heterocycles. The first-order chi connectivity index (χ1) is 9.15. The molecule has 2 rings (SSSR count). The van der Waals surface area contributed by atoms with E-state index in [4.69, 9.17) is 4.74 Å². The molecule has 0 amide bonds. The minimum absolute atomic E-state index is 0.300. The zero-order valence-electron chi connectivity index (χ0n) is 11.3. The number of hydrogen-bond acceptors (Lipinski definition) is 4. The summed E-state index contributed by atoms with van der Waals surface area (Å²) in [4.78, 5) is 23.7. The third kappa shape index (κ3) is 2.81. The van der Waals surface area contributed by atoms with Crippen LogP contribution < -0.4 is 0 Å². The van der Waals surface area contributed by atoms with Crippen molar-refractivity contribution in [2.24, 2.45) is 0 Å². The minimum atomic E-state index is -0.418. The van der Waals surface area contributed by atoms with Crippen LogP contribution in [-0.2, 0) is 9.53 Å². The van der Waals surface area contributed by atoms with Gasteiger partial charge < -0.3 is 9.72 Å². The molecule has 5 heteroatoms. The molecule has 0 saturated carbocycles. The Balaban J connectivity index is 2.44. The zero-order valence-corrected chi connectivity index (χ0v) is 11.3. The summed E-state index contributed by atoms with van der Waals surface area (Å²) in [6.45, 7) is 3.81. The van der Waals surface area contributed by atoms with Crippen molar-refractivity contribution in [3.05, 3.63) is 35.9 Å². The molecule has 1 N–H and O–H groups in total. The number of hydrogen-bond donors (Lipinski definition) is 1. The van der Waals surface area contributed by atoms with Crippen molar-refractivity contribution >= 4 is 5.97 Å². The Bertz CT molecular complexity index is 564. The summed E-state index contributed by atoms with van der Waals surface area (Å²) in [5.41, 5.74) is 2.53. The van der Waals surface area contributed by atoms with Gasteiger partial charge in [-0.05, 0) is 31.5 Å². The van der Waals surface area contributed by atoms with E-state index in [-0.39, 0.29) is 5.97 Å². The SMILES string of the molecule is CCC(C(=O)OC)c1nc(C)cc(-c2ccc[nH]2)n1. The normalized spacial score (nSPS) is 12.2. The number of ether oxygens (including phenoxy) is 1. The highest BCUT2D eigenvalue weighted by atomic mass is 16.5. The van der Waals surface area contributed by atoms with Crippen LogP contribution in [0.4, 0.5) is 0 Å². The number of aromatic nitrogens is 3. The lowest BCUT2D eigenvalue weighted by Gasteiger charge is -2.12. The molecule has 2 aromatic rings. The molecule has 0 fully saturated rings. The standard InChI is InChI=1S/C14H17N3O2/c1-4-10(14(18)19-3)13-16-9(2)8-12(17-13)11-6-5-7-15-11/h5-8,10,15H,4H2,1-3H3. The molecule has 0 bridgehead atoms. The van der Waals surface area contributed by atoms with Gasteiger partial charge >= 0.3 is 5.97 Å². The van der Waals surface area contributed by atoms with Crippen LogP contribution in [0.25, 0.3) is 11.4 Å². The second-order valence-corrected chi connectivity index (χ2v) is 4.32. The quantitative estimate of drug-likeness (QED) is 0.856. The number of carbonyl (C=O) groups is 1. The Morgan fingerprint density at radius 3 is 2.84 bits per heavy atom. The van der Waals surface area contributed by atoms with E-state index in [1.165, 1.54) is 7.11 Å². The summed E-state index contributed by atoms with van der Waals surface area (Å²) in [5.74, 6) is -0.205. The van der Waals surface area contributed by atoms with Gasteiger partial charge in [0.15, 0.2) is 0 Å². The Labute approximate surface area is 112 Å². The van der Waals surface area contributed by atoms with Gasteiger partial charge in [-0.1, -0.05) is 6.92 Å². The van der Waals surface area contributed by atoms with Crippen LogP contribution in [-0.4, -0.2) is 28.0 Å². The number of aryl methyl sites for hydroxylation is 1. The van der Waals surface area contributed by atoms with Gasteiger partial charge in [-0.3, -0.25) is 4.79 Å². The topological polar surface area (TPSA) is 67.9 Å². The number of rotatable bonds is 4. The van der Waals surface area contributed by atoms with E-state index in [1.807, 2.05) is 38.2 Å². The van der Waals surface area contributed by atoms with Gasteiger partial charge in [-0.25, -0.2) is 9.97 Å². The van der Waals surface area contributed by atoms with Gasteiger partial charge in [-0.15, -0.1) is 0 Å². The molecule has 1 atom stereocenters. The Morgan fingerprint density at radius 2 is 2.26 bits per heavy atom. The highest BCUT2D eigenvalue weighted by molar-refractivity contribution is 5.77. The van der Waals surface area contributed by atoms with Gasteiger partial charge in [0.25, 0.3) is 0 Å². The molecule has 2 heterocycles. The maximum absolute atomic E-state index is 11.7. The van der Waals surface area contributed by atoms with Crippen LogP contribution in [0.3, 0.4) is 0 Å². The summed E-state index contributed by atoms with van der Waals surface area (Å²) in [5, 5.41) is 0. The predicted molar refractivity (Wildman–Crippen MR) is 71.6 cm³/mol. The maximum Gasteiger partial charge on any atom is 0.316 e. The largest absolute Gasteiger partial charge is 0.468 e. The van der Waals surface area contributed by atoms with E-state index >= 15 is 0 Å². The molecule has 0 radical (unpaired) electrons. The molecule has 0 aliphatic carbocycles. The van der Waals surface area contributed by atoms with Crippen molar-refractivity contribution in [3.8, 4) is 11.4 Å². The summed E-state index contributed by atoms with van der Waals surface area (Å²) < 4.78 is 4.80. The average molecular weight is 259 g/mol. The Kier molecular flexibility index (Phi) is 3.94. The van der Waals surface area contributed by atoms with Gasteiger partial charge in [-0.2, -0.15) is 0 Å².